The molecule has 3 heteroatoms. The van der Waals surface area contributed by atoms with Gasteiger partial charge in [0.05, 0.1) is 11.6 Å². The van der Waals surface area contributed by atoms with Crippen molar-refractivity contribution in [2.75, 3.05) is 19.8 Å². The number of rotatable bonds is 7. The van der Waals surface area contributed by atoms with Gasteiger partial charge in [0.2, 0.25) is 0 Å². The van der Waals surface area contributed by atoms with Crippen molar-refractivity contribution in [2.45, 2.75) is 20.3 Å². The van der Waals surface area contributed by atoms with Crippen LogP contribution in [0.3, 0.4) is 0 Å². The van der Waals surface area contributed by atoms with E-state index in [0.717, 1.165) is 18.8 Å². The van der Waals surface area contributed by atoms with E-state index in [1.807, 2.05) is 24.3 Å². The van der Waals surface area contributed by atoms with Crippen molar-refractivity contribution < 1.29 is 9.47 Å². The molecule has 0 aliphatic rings. The molecule has 1 aromatic carbocycles. The molecular formula is C13H19ClO2. The predicted octanol–water partition coefficient (Wildman–Crippen LogP) is 3.78. The van der Waals surface area contributed by atoms with Gasteiger partial charge in [0.15, 0.2) is 0 Å². The quantitative estimate of drug-likeness (QED) is 0.678. The summed E-state index contributed by atoms with van der Waals surface area (Å²) in [4.78, 5) is 0. The first kappa shape index (κ1) is 13.3. The van der Waals surface area contributed by atoms with Gasteiger partial charge in [-0.2, -0.15) is 0 Å². The van der Waals surface area contributed by atoms with Crippen molar-refractivity contribution in [3.05, 3.63) is 29.3 Å². The molecule has 0 unspecified atom stereocenters. The summed E-state index contributed by atoms with van der Waals surface area (Å²) in [7, 11) is 0. The lowest BCUT2D eigenvalue weighted by atomic mass is 10.1. The molecule has 2 nitrogen and oxygen atoms in total. The first-order chi connectivity index (χ1) is 7.70. The highest BCUT2D eigenvalue weighted by Crippen LogP contribution is 2.22. The standard InChI is InChI=1S/C13H19ClO2/c1-11(2)7-8-15-9-10-16-13-6-4-3-5-12(13)14/h3-6,11H,7-10H2,1-2H3. The molecule has 0 aliphatic carbocycles. The van der Waals surface area contributed by atoms with Crippen LogP contribution in [-0.2, 0) is 4.74 Å². The van der Waals surface area contributed by atoms with Crippen molar-refractivity contribution in [1.29, 1.82) is 0 Å². The number of hydrogen-bond donors (Lipinski definition) is 0. The number of hydrogen-bond acceptors (Lipinski definition) is 2. The lowest BCUT2D eigenvalue weighted by Crippen LogP contribution is -2.08. The van der Waals surface area contributed by atoms with Crippen LogP contribution in [0, 0.1) is 5.92 Å². The molecule has 0 aromatic heterocycles. The Morgan fingerprint density at radius 1 is 1.12 bits per heavy atom. The predicted molar refractivity (Wildman–Crippen MR) is 67.2 cm³/mol. The van der Waals surface area contributed by atoms with Crippen LogP contribution in [0.25, 0.3) is 0 Å². The van der Waals surface area contributed by atoms with E-state index in [1.165, 1.54) is 0 Å². The van der Waals surface area contributed by atoms with Crippen molar-refractivity contribution >= 4 is 11.6 Å². The van der Waals surface area contributed by atoms with Gasteiger partial charge in [0.1, 0.15) is 12.4 Å². The van der Waals surface area contributed by atoms with Gasteiger partial charge in [-0.15, -0.1) is 0 Å². The normalized spacial score (nSPS) is 10.8. The van der Waals surface area contributed by atoms with E-state index >= 15 is 0 Å². The summed E-state index contributed by atoms with van der Waals surface area (Å²) >= 11 is 5.94. The summed E-state index contributed by atoms with van der Waals surface area (Å²) in [5.74, 6) is 1.40. The summed E-state index contributed by atoms with van der Waals surface area (Å²) in [5, 5.41) is 0.643. The molecule has 0 bridgehead atoms. The first-order valence-electron chi connectivity index (χ1n) is 5.65. The van der Waals surface area contributed by atoms with Crippen molar-refractivity contribution in [1.82, 2.24) is 0 Å². The fourth-order valence-electron chi connectivity index (χ4n) is 1.19. The fourth-order valence-corrected chi connectivity index (χ4v) is 1.38. The number of benzene rings is 1. The van der Waals surface area contributed by atoms with E-state index in [-0.39, 0.29) is 0 Å². The molecule has 90 valence electrons. The SMILES string of the molecule is CC(C)CCOCCOc1ccccc1Cl. The van der Waals surface area contributed by atoms with Gasteiger partial charge in [-0.25, -0.2) is 0 Å². The van der Waals surface area contributed by atoms with Crippen molar-refractivity contribution in [2.24, 2.45) is 5.92 Å². The van der Waals surface area contributed by atoms with Crippen molar-refractivity contribution in [3.8, 4) is 5.75 Å². The maximum Gasteiger partial charge on any atom is 0.138 e. The Morgan fingerprint density at radius 3 is 2.56 bits per heavy atom. The second kappa shape index (κ2) is 7.53. The molecule has 0 saturated carbocycles. The third kappa shape index (κ3) is 5.38. The molecule has 16 heavy (non-hydrogen) atoms. The molecule has 0 fully saturated rings. The number of ether oxygens (including phenoxy) is 2. The topological polar surface area (TPSA) is 18.5 Å². The maximum atomic E-state index is 5.94. The van der Waals surface area contributed by atoms with Gasteiger partial charge in [-0.1, -0.05) is 37.6 Å². The van der Waals surface area contributed by atoms with Crippen molar-refractivity contribution in [3.63, 3.8) is 0 Å². The molecule has 0 N–H and O–H groups in total. The van der Waals surface area contributed by atoms with Gasteiger partial charge in [0, 0.05) is 6.61 Å². The van der Waals surface area contributed by atoms with Crippen LogP contribution in [0.15, 0.2) is 24.3 Å². The maximum absolute atomic E-state index is 5.94. The molecule has 0 heterocycles. The molecule has 0 amide bonds. The molecule has 1 aromatic rings. The van der Waals surface area contributed by atoms with Gasteiger partial charge in [-0.05, 0) is 24.5 Å². The molecule has 0 radical (unpaired) electrons. The Kier molecular flexibility index (Phi) is 6.27. The van der Waals surface area contributed by atoms with Gasteiger partial charge >= 0.3 is 0 Å². The highest BCUT2D eigenvalue weighted by molar-refractivity contribution is 6.32. The molecule has 0 aliphatic heterocycles. The minimum Gasteiger partial charge on any atom is -0.490 e. The highest BCUT2D eigenvalue weighted by Gasteiger charge is 1.99. The minimum atomic E-state index is 0.543. The van der Waals surface area contributed by atoms with E-state index in [4.69, 9.17) is 21.1 Å². The zero-order chi connectivity index (χ0) is 11.8. The van der Waals surface area contributed by atoms with Crippen LogP contribution in [0.2, 0.25) is 5.02 Å². The molecular weight excluding hydrogens is 224 g/mol. The minimum absolute atomic E-state index is 0.543. The average molecular weight is 243 g/mol. The highest BCUT2D eigenvalue weighted by atomic mass is 35.5. The molecule has 1 rings (SSSR count). The second-order valence-electron chi connectivity index (χ2n) is 4.07. The summed E-state index contributed by atoms with van der Waals surface area (Å²) in [6.07, 6.45) is 1.09. The Bertz CT molecular complexity index is 300. The van der Waals surface area contributed by atoms with Gasteiger partial charge < -0.3 is 9.47 Å². The van der Waals surface area contributed by atoms with E-state index in [0.29, 0.717) is 24.2 Å². The van der Waals surface area contributed by atoms with Crippen LogP contribution < -0.4 is 4.74 Å². The lowest BCUT2D eigenvalue weighted by molar-refractivity contribution is 0.0926. The van der Waals surface area contributed by atoms with Crippen LogP contribution >= 0.6 is 11.6 Å². The van der Waals surface area contributed by atoms with E-state index in [9.17, 15) is 0 Å². The average Bonchev–Trinajstić information content (AvgIpc) is 2.25. The lowest BCUT2D eigenvalue weighted by Gasteiger charge is -2.09. The summed E-state index contributed by atoms with van der Waals surface area (Å²) in [5.41, 5.74) is 0. The smallest absolute Gasteiger partial charge is 0.138 e. The third-order valence-corrected chi connectivity index (χ3v) is 2.47. The fraction of sp³-hybridized carbons (Fsp3) is 0.538. The monoisotopic (exact) mass is 242 g/mol. The van der Waals surface area contributed by atoms with E-state index in [1.54, 1.807) is 0 Å². The van der Waals surface area contributed by atoms with Gasteiger partial charge in [-0.3, -0.25) is 0 Å². The Hall–Kier alpha value is -0.730. The summed E-state index contributed by atoms with van der Waals surface area (Å²) in [6.45, 7) is 6.32. The Balaban J connectivity index is 2.10. The molecule has 0 atom stereocenters. The van der Waals surface area contributed by atoms with E-state index in [2.05, 4.69) is 13.8 Å². The van der Waals surface area contributed by atoms with Crippen LogP contribution in [0.5, 0.6) is 5.75 Å². The largest absolute Gasteiger partial charge is 0.490 e. The zero-order valence-corrected chi connectivity index (χ0v) is 10.7. The summed E-state index contributed by atoms with van der Waals surface area (Å²) in [6, 6.07) is 7.46. The molecule has 0 spiro atoms. The van der Waals surface area contributed by atoms with Crippen LogP contribution in [-0.4, -0.2) is 19.8 Å². The summed E-state index contributed by atoms with van der Waals surface area (Å²) < 4.78 is 10.9. The van der Waals surface area contributed by atoms with E-state index < -0.39 is 0 Å². The van der Waals surface area contributed by atoms with Crippen LogP contribution in [0.4, 0.5) is 0 Å². The number of para-hydroxylation sites is 1. The second-order valence-corrected chi connectivity index (χ2v) is 4.48. The number of halogens is 1. The Labute approximate surface area is 103 Å². The Morgan fingerprint density at radius 2 is 1.88 bits per heavy atom. The molecule has 0 saturated heterocycles. The van der Waals surface area contributed by atoms with Gasteiger partial charge in [0.25, 0.3) is 0 Å². The third-order valence-electron chi connectivity index (χ3n) is 2.16. The first-order valence-corrected chi connectivity index (χ1v) is 6.03. The van der Waals surface area contributed by atoms with Crippen LogP contribution in [0.1, 0.15) is 20.3 Å². The zero-order valence-electron chi connectivity index (χ0n) is 9.91.